The van der Waals surface area contributed by atoms with E-state index in [-0.39, 0.29) is 23.4 Å². The summed E-state index contributed by atoms with van der Waals surface area (Å²) in [5.41, 5.74) is 0.780. The summed E-state index contributed by atoms with van der Waals surface area (Å²) in [4.78, 5) is 36.9. The first-order valence-electron chi connectivity index (χ1n) is 9.16. The van der Waals surface area contributed by atoms with Gasteiger partial charge in [-0.3, -0.25) is 14.4 Å². The van der Waals surface area contributed by atoms with E-state index in [2.05, 4.69) is 15.7 Å². The van der Waals surface area contributed by atoms with Gasteiger partial charge in [-0.2, -0.15) is 5.10 Å². The highest BCUT2D eigenvalue weighted by molar-refractivity contribution is 7.90. The van der Waals surface area contributed by atoms with Crippen LogP contribution in [0.2, 0.25) is 0 Å². The van der Waals surface area contributed by atoms with Gasteiger partial charge in [-0.05, 0) is 48.5 Å². The molecule has 9 nitrogen and oxygen atoms in total. The van der Waals surface area contributed by atoms with Crippen molar-refractivity contribution in [2.24, 2.45) is 5.10 Å². The van der Waals surface area contributed by atoms with Crippen molar-refractivity contribution in [1.82, 2.24) is 5.01 Å². The van der Waals surface area contributed by atoms with E-state index in [0.717, 1.165) is 11.3 Å². The molecule has 0 spiro atoms. The molecule has 11 heteroatoms. The molecule has 1 heterocycles. The van der Waals surface area contributed by atoms with Crippen molar-refractivity contribution in [2.45, 2.75) is 17.7 Å². The lowest BCUT2D eigenvalue weighted by Crippen LogP contribution is -2.40. The van der Waals surface area contributed by atoms with Crippen LogP contribution in [0.4, 0.5) is 15.8 Å². The van der Waals surface area contributed by atoms with E-state index >= 15 is 0 Å². The monoisotopic (exact) mass is 446 g/mol. The molecular formula is C20H19FN4O5S. The van der Waals surface area contributed by atoms with Crippen molar-refractivity contribution in [2.75, 3.05) is 23.4 Å². The summed E-state index contributed by atoms with van der Waals surface area (Å²) in [5.74, 6) is -1.98. The van der Waals surface area contributed by atoms with Crippen LogP contribution in [0.15, 0.2) is 58.5 Å². The Kier molecular flexibility index (Phi) is 6.44. The second kappa shape index (κ2) is 9.04. The van der Waals surface area contributed by atoms with Gasteiger partial charge in [-0.1, -0.05) is 0 Å². The van der Waals surface area contributed by atoms with Gasteiger partial charge in [-0.15, -0.1) is 0 Å². The second-order valence-electron chi connectivity index (χ2n) is 6.80. The number of hydrogen-bond acceptors (Lipinski definition) is 6. The van der Waals surface area contributed by atoms with Crippen molar-refractivity contribution in [3.8, 4) is 0 Å². The van der Waals surface area contributed by atoms with Crippen LogP contribution in [0, 0.1) is 5.82 Å². The van der Waals surface area contributed by atoms with Crippen molar-refractivity contribution in [1.29, 1.82) is 0 Å². The maximum Gasteiger partial charge on any atom is 0.271 e. The fourth-order valence-electron chi connectivity index (χ4n) is 2.75. The van der Waals surface area contributed by atoms with E-state index in [1.165, 1.54) is 48.5 Å². The minimum absolute atomic E-state index is 0.00596. The van der Waals surface area contributed by atoms with Crippen molar-refractivity contribution >= 4 is 44.6 Å². The number of benzene rings is 2. The van der Waals surface area contributed by atoms with Crippen LogP contribution >= 0.6 is 0 Å². The first kappa shape index (κ1) is 22.1. The van der Waals surface area contributed by atoms with Gasteiger partial charge in [0.05, 0.1) is 4.90 Å². The zero-order valence-corrected chi connectivity index (χ0v) is 17.3. The number of hydrogen-bond donors (Lipinski definition) is 2. The van der Waals surface area contributed by atoms with Crippen LogP contribution in [0.1, 0.15) is 12.8 Å². The largest absolute Gasteiger partial charge is 0.324 e. The predicted molar refractivity (Wildman–Crippen MR) is 112 cm³/mol. The number of carbonyl (C=O) groups excluding carboxylic acids is 3. The second-order valence-corrected chi connectivity index (χ2v) is 8.82. The minimum Gasteiger partial charge on any atom is -0.324 e. The molecule has 1 aliphatic rings. The molecule has 0 saturated heterocycles. The number of carbonyl (C=O) groups is 3. The van der Waals surface area contributed by atoms with E-state index < -0.39 is 39.9 Å². The average molecular weight is 446 g/mol. The molecule has 2 aromatic rings. The average Bonchev–Trinajstić information content (AvgIpc) is 2.71. The van der Waals surface area contributed by atoms with E-state index in [1.807, 2.05) is 0 Å². The number of sulfone groups is 1. The Morgan fingerprint density at radius 1 is 1.00 bits per heavy atom. The summed E-state index contributed by atoms with van der Waals surface area (Å²) in [7, 11) is -3.36. The van der Waals surface area contributed by atoms with Gasteiger partial charge in [0.1, 0.15) is 18.1 Å². The van der Waals surface area contributed by atoms with Crippen LogP contribution in [-0.4, -0.2) is 49.7 Å². The molecule has 1 aliphatic heterocycles. The van der Waals surface area contributed by atoms with Crippen LogP contribution in [0.25, 0.3) is 0 Å². The van der Waals surface area contributed by atoms with E-state index in [0.29, 0.717) is 11.4 Å². The molecule has 0 fully saturated rings. The van der Waals surface area contributed by atoms with Gasteiger partial charge >= 0.3 is 0 Å². The van der Waals surface area contributed by atoms with E-state index in [4.69, 9.17) is 0 Å². The number of nitrogens with one attached hydrogen (secondary N) is 2. The molecule has 3 rings (SSSR count). The first-order valence-corrected chi connectivity index (χ1v) is 11.1. The molecule has 0 bridgehead atoms. The zero-order chi connectivity index (χ0) is 22.6. The lowest BCUT2D eigenvalue weighted by molar-refractivity contribution is -0.135. The lowest BCUT2D eigenvalue weighted by atomic mass is 10.1. The maximum absolute atomic E-state index is 13.0. The molecule has 31 heavy (non-hydrogen) atoms. The van der Waals surface area contributed by atoms with Gasteiger partial charge in [-0.25, -0.2) is 17.8 Å². The minimum atomic E-state index is -3.36. The van der Waals surface area contributed by atoms with Gasteiger partial charge in [0.25, 0.3) is 5.91 Å². The molecule has 2 N–H and O–H groups in total. The van der Waals surface area contributed by atoms with E-state index in [1.54, 1.807) is 0 Å². The maximum atomic E-state index is 13.0. The van der Waals surface area contributed by atoms with E-state index in [9.17, 15) is 27.2 Å². The Hall–Kier alpha value is -3.60. The highest BCUT2D eigenvalue weighted by atomic mass is 32.2. The number of anilines is 2. The number of amides is 3. The molecule has 0 aromatic heterocycles. The third-order valence-electron chi connectivity index (χ3n) is 4.33. The molecule has 0 unspecified atom stereocenters. The molecule has 0 aliphatic carbocycles. The molecule has 0 atom stereocenters. The highest BCUT2D eigenvalue weighted by Gasteiger charge is 2.26. The number of hydrazone groups is 1. The highest BCUT2D eigenvalue weighted by Crippen LogP contribution is 2.15. The normalized spacial score (nSPS) is 14.1. The molecule has 0 radical (unpaired) electrons. The van der Waals surface area contributed by atoms with Gasteiger partial charge < -0.3 is 10.6 Å². The Morgan fingerprint density at radius 2 is 1.58 bits per heavy atom. The fraction of sp³-hybridized carbons (Fsp3) is 0.200. The number of nitrogens with zero attached hydrogens (tertiary/aromatic N) is 2. The molecule has 2 aromatic carbocycles. The van der Waals surface area contributed by atoms with Gasteiger partial charge in [0.2, 0.25) is 11.8 Å². The van der Waals surface area contributed by atoms with Crippen LogP contribution in [0.3, 0.4) is 0 Å². The predicted octanol–water partition coefficient (Wildman–Crippen LogP) is 1.78. The first-order chi connectivity index (χ1) is 14.6. The molecule has 3 amide bonds. The molecule has 162 valence electrons. The summed E-state index contributed by atoms with van der Waals surface area (Å²) >= 11 is 0. The van der Waals surface area contributed by atoms with Crippen LogP contribution in [0.5, 0.6) is 0 Å². The standard InChI is InChI=1S/C20H19FN4O5S/c1-31(29,30)16-8-6-14(7-9-16)22-18(26)12-25-19(27)11-10-17(24-25)20(28)23-15-4-2-13(21)3-5-15/h2-9H,10-12H2,1H3,(H,22,26)(H,23,28). The van der Waals surface area contributed by atoms with Crippen LogP contribution < -0.4 is 10.6 Å². The molecule has 0 saturated carbocycles. The Labute approximate surface area is 177 Å². The third kappa shape index (κ3) is 5.95. The Balaban J connectivity index is 1.64. The SMILES string of the molecule is CS(=O)(=O)c1ccc(NC(=O)CN2N=C(C(=O)Nc3ccc(F)cc3)CCC2=O)cc1. The third-order valence-corrected chi connectivity index (χ3v) is 5.46. The van der Waals surface area contributed by atoms with Gasteiger partial charge in [0.15, 0.2) is 9.84 Å². The Morgan fingerprint density at radius 3 is 2.19 bits per heavy atom. The summed E-state index contributed by atoms with van der Waals surface area (Å²) in [6.07, 6.45) is 1.19. The smallest absolute Gasteiger partial charge is 0.271 e. The summed E-state index contributed by atoms with van der Waals surface area (Å²) in [5, 5.41) is 9.99. The van der Waals surface area contributed by atoms with Crippen LogP contribution in [-0.2, 0) is 24.2 Å². The van der Waals surface area contributed by atoms with Gasteiger partial charge in [0, 0.05) is 30.5 Å². The summed E-state index contributed by atoms with van der Waals surface area (Å²) < 4.78 is 35.9. The van der Waals surface area contributed by atoms with Crippen molar-refractivity contribution in [3.63, 3.8) is 0 Å². The quantitative estimate of drug-likeness (QED) is 0.700. The summed E-state index contributed by atoms with van der Waals surface area (Å²) in [6, 6.07) is 10.7. The summed E-state index contributed by atoms with van der Waals surface area (Å²) in [6.45, 7) is -0.417. The zero-order valence-electron chi connectivity index (χ0n) is 16.5. The van der Waals surface area contributed by atoms with Crippen molar-refractivity contribution in [3.05, 3.63) is 54.3 Å². The topological polar surface area (TPSA) is 125 Å². The lowest BCUT2D eigenvalue weighted by Gasteiger charge is -2.22. The molecular weight excluding hydrogens is 427 g/mol. The fourth-order valence-corrected chi connectivity index (χ4v) is 3.38. The Bertz CT molecular complexity index is 1150. The number of rotatable bonds is 6. The number of halogens is 1. The van der Waals surface area contributed by atoms with Crippen molar-refractivity contribution < 1.29 is 27.2 Å².